The average Bonchev–Trinajstić information content (AvgIpc) is 2.69. The highest BCUT2D eigenvalue weighted by Gasteiger charge is 2.13. The summed E-state index contributed by atoms with van der Waals surface area (Å²) < 4.78 is 0. The van der Waals surface area contributed by atoms with Gasteiger partial charge >= 0.3 is 0 Å². The molecular weight excluding hydrogens is 392 g/mol. The Kier molecular flexibility index (Phi) is 8.47. The fourth-order valence-corrected chi connectivity index (χ4v) is 3.33. The smallest absolute Gasteiger partial charge is 0.269 e. The number of hydrogen-bond acceptors (Lipinski definition) is 6. The number of amides is 2. The lowest BCUT2D eigenvalue weighted by atomic mass is 10.2. The van der Waals surface area contributed by atoms with E-state index >= 15 is 0 Å². The summed E-state index contributed by atoms with van der Waals surface area (Å²) in [5, 5.41) is 19.4. The second-order valence-electron chi connectivity index (χ2n) is 6.49. The van der Waals surface area contributed by atoms with Crippen LogP contribution >= 0.6 is 11.8 Å². The normalized spacial score (nSPS) is 10.4. The van der Waals surface area contributed by atoms with Crippen LogP contribution in [0.15, 0.2) is 53.4 Å². The van der Waals surface area contributed by atoms with Crippen LogP contribution in [-0.2, 0) is 4.79 Å². The lowest BCUT2D eigenvalue weighted by Gasteiger charge is -2.12. The molecule has 2 rings (SSSR count). The van der Waals surface area contributed by atoms with Gasteiger partial charge in [0.25, 0.3) is 11.6 Å². The number of rotatable bonds is 10. The van der Waals surface area contributed by atoms with Crippen LogP contribution in [0.1, 0.15) is 24.2 Å². The predicted molar refractivity (Wildman–Crippen MR) is 114 cm³/mol. The first-order valence-corrected chi connectivity index (χ1v) is 10.1. The van der Waals surface area contributed by atoms with Gasteiger partial charge in [0, 0.05) is 41.8 Å². The van der Waals surface area contributed by atoms with Crippen molar-refractivity contribution in [3.05, 3.63) is 64.2 Å². The molecule has 0 atom stereocenters. The number of nitrogens with zero attached hydrogens (tertiary/aromatic N) is 1. The summed E-state index contributed by atoms with van der Waals surface area (Å²) in [6.45, 7) is 4.64. The van der Waals surface area contributed by atoms with Gasteiger partial charge in [0.2, 0.25) is 5.91 Å². The Morgan fingerprint density at radius 3 is 2.41 bits per heavy atom. The topological polar surface area (TPSA) is 113 Å². The van der Waals surface area contributed by atoms with Crippen LogP contribution in [-0.4, -0.2) is 41.6 Å². The minimum atomic E-state index is -0.452. The van der Waals surface area contributed by atoms with Gasteiger partial charge in [-0.3, -0.25) is 19.7 Å². The van der Waals surface area contributed by atoms with Crippen molar-refractivity contribution in [2.45, 2.75) is 24.8 Å². The number of anilines is 1. The molecule has 0 unspecified atom stereocenters. The molecule has 0 aromatic heterocycles. The molecule has 29 heavy (non-hydrogen) atoms. The van der Waals surface area contributed by atoms with Gasteiger partial charge in [0.1, 0.15) is 0 Å². The highest BCUT2D eigenvalue weighted by Crippen LogP contribution is 2.22. The van der Waals surface area contributed by atoms with Crippen molar-refractivity contribution in [2.75, 3.05) is 24.2 Å². The molecule has 0 heterocycles. The van der Waals surface area contributed by atoms with Gasteiger partial charge in [0.05, 0.1) is 16.2 Å². The predicted octanol–water partition coefficient (Wildman–Crippen LogP) is 3.05. The van der Waals surface area contributed by atoms with Gasteiger partial charge in [-0.15, -0.1) is 11.8 Å². The van der Waals surface area contributed by atoms with Crippen LogP contribution < -0.4 is 16.0 Å². The maximum Gasteiger partial charge on any atom is 0.269 e. The van der Waals surface area contributed by atoms with Crippen molar-refractivity contribution in [3.63, 3.8) is 0 Å². The summed E-state index contributed by atoms with van der Waals surface area (Å²) in [7, 11) is 0. The number of nitrogens with one attached hydrogen (secondary N) is 3. The first-order valence-electron chi connectivity index (χ1n) is 9.14. The summed E-state index contributed by atoms with van der Waals surface area (Å²) in [5.41, 5.74) is 1.28. The second kappa shape index (κ2) is 11.1. The van der Waals surface area contributed by atoms with Gasteiger partial charge < -0.3 is 16.0 Å². The molecule has 0 spiro atoms. The third-order valence-corrected chi connectivity index (χ3v) is 4.83. The van der Waals surface area contributed by atoms with Crippen molar-refractivity contribution in [3.8, 4) is 0 Å². The zero-order valence-electron chi connectivity index (χ0n) is 16.3. The maximum atomic E-state index is 12.5. The van der Waals surface area contributed by atoms with Crippen LogP contribution in [0.5, 0.6) is 0 Å². The van der Waals surface area contributed by atoms with Crippen LogP contribution in [0.4, 0.5) is 11.4 Å². The highest BCUT2D eigenvalue weighted by molar-refractivity contribution is 8.00. The standard InChI is InChI=1S/C20H24N4O4S/c1-14(2)23-19(25)13-29-18-6-4-3-5-17(18)20(26)22-12-11-21-15-7-9-16(10-8-15)24(27)28/h3-10,14,21H,11-13H2,1-2H3,(H,22,26)(H,23,25). The largest absolute Gasteiger partial charge is 0.383 e. The summed E-state index contributed by atoms with van der Waals surface area (Å²) in [5.74, 6) is -0.0557. The van der Waals surface area contributed by atoms with Crippen molar-refractivity contribution >= 4 is 35.0 Å². The van der Waals surface area contributed by atoms with Gasteiger partial charge in [0.15, 0.2) is 0 Å². The molecule has 2 aromatic rings. The Morgan fingerprint density at radius 2 is 1.76 bits per heavy atom. The number of carbonyl (C=O) groups excluding carboxylic acids is 2. The molecule has 0 saturated carbocycles. The van der Waals surface area contributed by atoms with Crippen LogP contribution in [0, 0.1) is 10.1 Å². The molecule has 0 aliphatic rings. The van der Waals surface area contributed by atoms with Gasteiger partial charge in [-0.1, -0.05) is 12.1 Å². The van der Waals surface area contributed by atoms with E-state index < -0.39 is 4.92 Å². The molecule has 2 aromatic carbocycles. The van der Waals surface area contributed by atoms with Crippen molar-refractivity contribution in [2.24, 2.45) is 0 Å². The van der Waals surface area contributed by atoms with Crippen molar-refractivity contribution in [1.29, 1.82) is 0 Å². The van der Waals surface area contributed by atoms with Crippen molar-refractivity contribution in [1.82, 2.24) is 10.6 Å². The molecule has 2 amide bonds. The lowest BCUT2D eigenvalue weighted by Crippen LogP contribution is -2.31. The third-order valence-electron chi connectivity index (χ3n) is 3.76. The summed E-state index contributed by atoms with van der Waals surface area (Å²) >= 11 is 1.32. The van der Waals surface area contributed by atoms with E-state index in [1.54, 1.807) is 24.3 Å². The Morgan fingerprint density at radius 1 is 1.07 bits per heavy atom. The average molecular weight is 417 g/mol. The molecule has 154 valence electrons. The van der Waals surface area contributed by atoms with Crippen LogP contribution in [0.25, 0.3) is 0 Å². The van der Waals surface area contributed by atoms with Crippen LogP contribution in [0.3, 0.4) is 0 Å². The molecule has 8 nitrogen and oxygen atoms in total. The van der Waals surface area contributed by atoms with Gasteiger partial charge in [-0.2, -0.15) is 0 Å². The highest BCUT2D eigenvalue weighted by atomic mass is 32.2. The quantitative estimate of drug-likeness (QED) is 0.237. The molecular formula is C20H24N4O4S. The van der Waals surface area contributed by atoms with E-state index in [0.29, 0.717) is 18.7 Å². The minimum Gasteiger partial charge on any atom is -0.383 e. The Bertz CT molecular complexity index is 856. The number of nitro benzene ring substituents is 1. The number of carbonyl (C=O) groups is 2. The van der Waals surface area contributed by atoms with E-state index in [1.165, 1.54) is 23.9 Å². The molecule has 0 saturated heterocycles. The first kappa shape index (κ1) is 22.2. The number of benzene rings is 2. The SMILES string of the molecule is CC(C)NC(=O)CSc1ccccc1C(=O)NCCNc1ccc([N+](=O)[O-])cc1. The van der Waals surface area contributed by atoms with Gasteiger partial charge in [-0.05, 0) is 38.1 Å². The molecule has 0 bridgehead atoms. The number of nitro groups is 1. The first-order chi connectivity index (χ1) is 13.9. The summed E-state index contributed by atoms with van der Waals surface area (Å²) in [6.07, 6.45) is 0. The number of non-ortho nitro benzene ring substituents is 1. The second-order valence-corrected chi connectivity index (χ2v) is 7.51. The van der Waals surface area contributed by atoms with E-state index in [0.717, 1.165) is 10.6 Å². The monoisotopic (exact) mass is 416 g/mol. The van der Waals surface area contributed by atoms with E-state index in [2.05, 4.69) is 16.0 Å². The van der Waals surface area contributed by atoms with E-state index in [4.69, 9.17) is 0 Å². The molecule has 0 radical (unpaired) electrons. The summed E-state index contributed by atoms with van der Waals surface area (Å²) in [4.78, 5) is 35.3. The molecule has 0 fully saturated rings. The fourth-order valence-electron chi connectivity index (χ4n) is 2.47. The minimum absolute atomic E-state index is 0.0278. The third kappa shape index (κ3) is 7.46. The molecule has 0 aliphatic heterocycles. The molecule has 9 heteroatoms. The Balaban J connectivity index is 1.82. The van der Waals surface area contributed by atoms with Crippen molar-refractivity contribution < 1.29 is 14.5 Å². The lowest BCUT2D eigenvalue weighted by molar-refractivity contribution is -0.384. The Hall–Kier alpha value is -3.07. The Labute approximate surface area is 173 Å². The fraction of sp³-hybridized carbons (Fsp3) is 0.300. The molecule has 3 N–H and O–H groups in total. The number of hydrogen-bond donors (Lipinski definition) is 3. The summed E-state index contributed by atoms with van der Waals surface area (Å²) in [6, 6.07) is 13.3. The van der Waals surface area contributed by atoms with Crippen LogP contribution in [0.2, 0.25) is 0 Å². The number of thioether (sulfide) groups is 1. The maximum absolute atomic E-state index is 12.5. The van der Waals surface area contributed by atoms with E-state index in [9.17, 15) is 19.7 Å². The van der Waals surface area contributed by atoms with E-state index in [-0.39, 0.29) is 29.3 Å². The van der Waals surface area contributed by atoms with Gasteiger partial charge in [-0.25, -0.2) is 0 Å². The van der Waals surface area contributed by atoms with E-state index in [1.807, 2.05) is 26.0 Å². The molecule has 0 aliphatic carbocycles. The zero-order chi connectivity index (χ0) is 21.2. The zero-order valence-corrected chi connectivity index (χ0v) is 17.1.